The molecule has 2 rings (SSSR count). The summed E-state index contributed by atoms with van der Waals surface area (Å²) in [5.74, 6) is -0.255. The van der Waals surface area contributed by atoms with Crippen LogP contribution in [0.2, 0.25) is 0 Å². The third-order valence-corrected chi connectivity index (χ3v) is 2.77. The van der Waals surface area contributed by atoms with Gasteiger partial charge in [0.15, 0.2) is 0 Å². The van der Waals surface area contributed by atoms with Crippen LogP contribution < -0.4 is 5.32 Å². The second-order valence-corrected chi connectivity index (χ2v) is 4.19. The minimum absolute atomic E-state index is 0.173. The van der Waals surface area contributed by atoms with Crippen molar-refractivity contribution in [1.29, 1.82) is 0 Å². The molecule has 1 amide bonds. The normalized spacial score (nSPS) is 12.7. The molecule has 0 aliphatic carbocycles. The van der Waals surface area contributed by atoms with Crippen molar-refractivity contribution in [2.45, 2.75) is 6.10 Å². The molecule has 1 atom stereocenters. The number of aliphatic hydroxyl groups excluding tert-OH is 1. The summed E-state index contributed by atoms with van der Waals surface area (Å²) in [5.41, 5.74) is 1.58. The van der Waals surface area contributed by atoms with Crippen LogP contribution in [0.4, 0.5) is 0 Å². The van der Waals surface area contributed by atoms with Crippen molar-refractivity contribution in [3.05, 3.63) is 54.3 Å². The Balaban J connectivity index is 1.82. The Hall–Kier alpha value is -2.27. The molecule has 0 spiro atoms. The van der Waals surface area contributed by atoms with Crippen molar-refractivity contribution in [2.75, 3.05) is 6.54 Å². The van der Waals surface area contributed by atoms with Crippen molar-refractivity contribution in [1.82, 2.24) is 9.88 Å². The van der Waals surface area contributed by atoms with E-state index < -0.39 is 6.10 Å². The number of aryl methyl sites for hydroxylation is 1. The average molecular weight is 260 g/mol. The van der Waals surface area contributed by atoms with Gasteiger partial charge in [-0.1, -0.05) is 0 Å². The van der Waals surface area contributed by atoms with Crippen molar-refractivity contribution >= 4 is 12.0 Å². The zero-order valence-electron chi connectivity index (χ0n) is 10.6. The maximum absolute atomic E-state index is 11.6. The second-order valence-electron chi connectivity index (χ2n) is 4.19. The first-order chi connectivity index (χ1) is 9.16. The van der Waals surface area contributed by atoms with E-state index in [4.69, 9.17) is 4.42 Å². The Kier molecular flexibility index (Phi) is 4.20. The highest BCUT2D eigenvalue weighted by molar-refractivity contribution is 5.91. The minimum Gasteiger partial charge on any atom is -0.472 e. The summed E-state index contributed by atoms with van der Waals surface area (Å²) in [4.78, 5) is 11.6. The first-order valence-electron chi connectivity index (χ1n) is 5.94. The summed E-state index contributed by atoms with van der Waals surface area (Å²) in [5, 5.41) is 12.6. The number of nitrogens with zero attached hydrogens (tertiary/aromatic N) is 1. The van der Waals surface area contributed by atoms with Gasteiger partial charge in [0.05, 0.1) is 12.5 Å². The minimum atomic E-state index is -0.716. The molecule has 2 aromatic rings. The summed E-state index contributed by atoms with van der Waals surface area (Å²) in [7, 11) is 1.85. The molecule has 0 saturated carbocycles. The van der Waals surface area contributed by atoms with Crippen molar-refractivity contribution in [3.8, 4) is 0 Å². The number of nitrogens with one attached hydrogen (secondary N) is 1. The van der Waals surface area contributed by atoms with Crippen LogP contribution in [-0.2, 0) is 11.8 Å². The zero-order chi connectivity index (χ0) is 13.7. The van der Waals surface area contributed by atoms with Crippen LogP contribution in [0.25, 0.3) is 6.08 Å². The largest absolute Gasteiger partial charge is 0.472 e. The summed E-state index contributed by atoms with van der Waals surface area (Å²) in [6, 6.07) is 5.42. The van der Waals surface area contributed by atoms with Gasteiger partial charge >= 0.3 is 0 Å². The van der Waals surface area contributed by atoms with Crippen LogP contribution in [0.3, 0.4) is 0 Å². The lowest BCUT2D eigenvalue weighted by atomic mass is 10.2. The smallest absolute Gasteiger partial charge is 0.244 e. The number of carbonyl (C=O) groups is 1. The fourth-order valence-corrected chi connectivity index (χ4v) is 1.72. The Morgan fingerprint density at radius 1 is 1.58 bits per heavy atom. The lowest BCUT2D eigenvalue weighted by Gasteiger charge is -2.12. The molecule has 0 unspecified atom stereocenters. The van der Waals surface area contributed by atoms with E-state index in [9.17, 15) is 9.90 Å². The number of aliphatic hydroxyl groups is 1. The van der Waals surface area contributed by atoms with Gasteiger partial charge < -0.3 is 19.4 Å². The SMILES string of the molecule is Cn1cccc1[C@@H](O)CNC(=O)/C=C/c1ccoc1. The topological polar surface area (TPSA) is 67.4 Å². The number of furan rings is 1. The van der Waals surface area contributed by atoms with E-state index in [0.717, 1.165) is 11.3 Å². The van der Waals surface area contributed by atoms with E-state index in [1.54, 1.807) is 18.4 Å². The highest BCUT2D eigenvalue weighted by Gasteiger charge is 2.10. The highest BCUT2D eigenvalue weighted by Crippen LogP contribution is 2.11. The van der Waals surface area contributed by atoms with Crippen LogP contribution in [0.15, 0.2) is 47.4 Å². The van der Waals surface area contributed by atoms with Gasteiger partial charge in [-0.2, -0.15) is 0 Å². The number of hydrogen-bond acceptors (Lipinski definition) is 3. The molecule has 0 bridgehead atoms. The molecule has 5 nitrogen and oxygen atoms in total. The molecule has 0 aliphatic heterocycles. The second kappa shape index (κ2) is 6.06. The van der Waals surface area contributed by atoms with Gasteiger partial charge in [-0.05, 0) is 24.3 Å². The molecule has 5 heteroatoms. The molecule has 0 radical (unpaired) electrons. The van der Waals surface area contributed by atoms with Gasteiger partial charge in [0.1, 0.15) is 6.10 Å². The van der Waals surface area contributed by atoms with Gasteiger partial charge in [0.2, 0.25) is 5.91 Å². The van der Waals surface area contributed by atoms with E-state index >= 15 is 0 Å². The molecule has 0 saturated heterocycles. The highest BCUT2D eigenvalue weighted by atomic mass is 16.3. The third kappa shape index (κ3) is 3.59. The number of amides is 1. The van der Waals surface area contributed by atoms with E-state index in [1.165, 1.54) is 12.3 Å². The first-order valence-corrected chi connectivity index (χ1v) is 5.94. The molecular weight excluding hydrogens is 244 g/mol. The number of aromatic nitrogens is 1. The van der Waals surface area contributed by atoms with Crippen LogP contribution in [0.1, 0.15) is 17.4 Å². The maximum Gasteiger partial charge on any atom is 0.244 e. The number of hydrogen-bond donors (Lipinski definition) is 2. The monoisotopic (exact) mass is 260 g/mol. The molecular formula is C14H16N2O3. The van der Waals surface area contributed by atoms with Crippen LogP contribution in [-0.4, -0.2) is 22.1 Å². The molecule has 0 aliphatic rings. The fourth-order valence-electron chi connectivity index (χ4n) is 1.72. The maximum atomic E-state index is 11.6. The molecule has 0 fully saturated rings. The van der Waals surface area contributed by atoms with Gasteiger partial charge in [-0.25, -0.2) is 0 Å². The van der Waals surface area contributed by atoms with Gasteiger partial charge in [0.25, 0.3) is 0 Å². The Morgan fingerprint density at radius 3 is 3.05 bits per heavy atom. The Labute approximate surface area is 111 Å². The summed E-state index contributed by atoms with van der Waals surface area (Å²) in [6.07, 6.45) is 7.26. The van der Waals surface area contributed by atoms with E-state index in [2.05, 4.69) is 5.32 Å². The molecule has 19 heavy (non-hydrogen) atoms. The molecule has 0 aromatic carbocycles. The zero-order valence-corrected chi connectivity index (χ0v) is 10.6. The van der Waals surface area contributed by atoms with E-state index in [1.807, 2.05) is 29.9 Å². The van der Waals surface area contributed by atoms with Crippen molar-refractivity contribution in [3.63, 3.8) is 0 Å². The Bertz CT molecular complexity index is 555. The van der Waals surface area contributed by atoms with Crippen molar-refractivity contribution < 1.29 is 14.3 Å². The van der Waals surface area contributed by atoms with E-state index in [-0.39, 0.29) is 12.5 Å². The van der Waals surface area contributed by atoms with Gasteiger partial charge in [-0.15, -0.1) is 0 Å². The quantitative estimate of drug-likeness (QED) is 0.800. The number of carbonyl (C=O) groups excluding carboxylic acids is 1. The Morgan fingerprint density at radius 2 is 2.42 bits per heavy atom. The molecule has 2 aromatic heterocycles. The van der Waals surface area contributed by atoms with Crippen LogP contribution in [0, 0.1) is 0 Å². The first kappa shape index (κ1) is 13.2. The van der Waals surface area contributed by atoms with Crippen LogP contribution in [0.5, 0.6) is 0 Å². The number of rotatable bonds is 5. The summed E-state index contributed by atoms with van der Waals surface area (Å²) in [6.45, 7) is 0.173. The van der Waals surface area contributed by atoms with E-state index in [0.29, 0.717) is 0 Å². The van der Waals surface area contributed by atoms with Gasteiger partial charge in [0, 0.05) is 37.1 Å². The van der Waals surface area contributed by atoms with Gasteiger partial charge in [-0.3, -0.25) is 4.79 Å². The summed E-state index contributed by atoms with van der Waals surface area (Å²) >= 11 is 0. The lowest BCUT2D eigenvalue weighted by Crippen LogP contribution is -2.27. The predicted octanol–water partition coefficient (Wildman–Crippen LogP) is 1.48. The average Bonchev–Trinajstić information content (AvgIpc) is 3.04. The fraction of sp³-hybridized carbons (Fsp3) is 0.214. The molecule has 2 N–H and O–H groups in total. The third-order valence-electron chi connectivity index (χ3n) is 2.77. The molecule has 2 heterocycles. The van der Waals surface area contributed by atoms with Crippen LogP contribution >= 0.6 is 0 Å². The van der Waals surface area contributed by atoms with Crippen molar-refractivity contribution in [2.24, 2.45) is 7.05 Å². The predicted molar refractivity (Wildman–Crippen MR) is 71.1 cm³/mol. The molecule has 100 valence electrons. The lowest BCUT2D eigenvalue weighted by molar-refractivity contribution is -0.116. The standard InChI is InChI=1S/C14H16N2O3/c1-16-7-2-3-12(16)13(17)9-15-14(18)5-4-11-6-8-19-10-11/h2-8,10,13,17H,9H2,1H3,(H,15,18)/b5-4+/t13-/m0/s1. The summed E-state index contributed by atoms with van der Waals surface area (Å²) < 4.78 is 6.70.